The van der Waals surface area contributed by atoms with Crippen molar-refractivity contribution in [3.05, 3.63) is 107 Å². The molecule has 0 spiro atoms. The van der Waals surface area contributed by atoms with Gasteiger partial charge in [-0.3, -0.25) is 4.79 Å². The highest BCUT2D eigenvalue weighted by molar-refractivity contribution is 6.02. The Balaban J connectivity index is 1.67. The maximum atomic E-state index is 12.3. The number of carboxylic acids is 1. The molecule has 0 saturated carbocycles. The van der Waals surface area contributed by atoms with E-state index >= 15 is 0 Å². The summed E-state index contributed by atoms with van der Waals surface area (Å²) in [5.41, 5.74) is 1.98. The summed E-state index contributed by atoms with van der Waals surface area (Å²) < 4.78 is 5.78. The van der Waals surface area contributed by atoms with Gasteiger partial charge in [-0.05, 0) is 41.5 Å². The summed E-state index contributed by atoms with van der Waals surface area (Å²) in [4.78, 5) is 23.8. The topological polar surface area (TPSA) is 75.6 Å². The van der Waals surface area contributed by atoms with Gasteiger partial charge in [-0.1, -0.05) is 60.7 Å². The molecule has 5 heteroatoms. The van der Waals surface area contributed by atoms with Crippen molar-refractivity contribution in [1.29, 1.82) is 0 Å². The normalized spacial score (nSPS) is 11.0. The highest BCUT2D eigenvalue weighted by atomic mass is 16.5. The molecule has 5 nitrogen and oxygen atoms in total. The fourth-order valence-corrected chi connectivity index (χ4v) is 2.73. The predicted octanol–water partition coefficient (Wildman–Crippen LogP) is 4.16. The number of hydrogen-bond acceptors (Lipinski definition) is 3. The zero-order valence-electron chi connectivity index (χ0n) is 15.7. The molecule has 1 amide bonds. The second-order valence-electron chi connectivity index (χ2n) is 6.34. The zero-order chi connectivity index (χ0) is 20.5. The van der Waals surface area contributed by atoms with Crippen LogP contribution in [0.5, 0.6) is 5.75 Å². The average molecular weight is 387 g/mol. The number of carbonyl (C=O) groups excluding carboxylic acids is 1. The van der Waals surface area contributed by atoms with Crippen molar-refractivity contribution in [2.24, 2.45) is 0 Å². The molecule has 146 valence electrons. The standard InChI is InChI=1S/C24H21NO4/c26-23(20-11-5-2-6-12-20)25-22(24(27)28)17-19-10-7-13-21(16-19)29-15-14-18-8-3-1-4-9-18/h1-13,16-17H,14-15H2,(H,25,26)(H,27,28). The van der Waals surface area contributed by atoms with Gasteiger partial charge in [0.25, 0.3) is 5.91 Å². The Labute approximate surface area is 169 Å². The fraction of sp³-hybridized carbons (Fsp3) is 0.0833. The van der Waals surface area contributed by atoms with Crippen LogP contribution >= 0.6 is 0 Å². The minimum Gasteiger partial charge on any atom is -0.493 e. The van der Waals surface area contributed by atoms with E-state index in [9.17, 15) is 14.7 Å². The SMILES string of the molecule is O=C(O)C(=Cc1cccc(OCCc2ccccc2)c1)NC(=O)c1ccccc1. The van der Waals surface area contributed by atoms with Gasteiger partial charge >= 0.3 is 5.97 Å². The van der Waals surface area contributed by atoms with Crippen LogP contribution in [-0.4, -0.2) is 23.6 Å². The quantitative estimate of drug-likeness (QED) is 0.569. The highest BCUT2D eigenvalue weighted by Gasteiger charge is 2.13. The molecule has 0 aromatic heterocycles. The summed E-state index contributed by atoms with van der Waals surface area (Å²) in [6.07, 6.45) is 2.18. The number of aliphatic carboxylic acids is 1. The van der Waals surface area contributed by atoms with Crippen LogP contribution in [-0.2, 0) is 11.2 Å². The molecule has 0 radical (unpaired) electrons. The van der Waals surface area contributed by atoms with E-state index in [-0.39, 0.29) is 5.70 Å². The van der Waals surface area contributed by atoms with E-state index in [1.165, 1.54) is 11.6 Å². The molecule has 29 heavy (non-hydrogen) atoms. The molecule has 0 fully saturated rings. The van der Waals surface area contributed by atoms with Crippen molar-refractivity contribution in [3.63, 3.8) is 0 Å². The van der Waals surface area contributed by atoms with E-state index in [2.05, 4.69) is 5.32 Å². The number of hydrogen-bond donors (Lipinski definition) is 2. The Bertz CT molecular complexity index is 998. The number of amides is 1. The van der Waals surface area contributed by atoms with E-state index < -0.39 is 11.9 Å². The van der Waals surface area contributed by atoms with Crippen LogP contribution in [0.2, 0.25) is 0 Å². The van der Waals surface area contributed by atoms with E-state index in [4.69, 9.17) is 4.74 Å². The molecule has 0 aliphatic heterocycles. The van der Waals surface area contributed by atoms with Crippen LogP contribution in [0.3, 0.4) is 0 Å². The highest BCUT2D eigenvalue weighted by Crippen LogP contribution is 2.16. The lowest BCUT2D eigenvalue weighted by molar-refractivity contribution is -0.132. The number of ether oxygens (including phenoxy) is 1. The van der Waals surface area contributed by atoms with Crippen LogP contribution in [0.4, 0.5) is 0 Å². The summed E-state index contributed by atoms with van der Waals surface area (Å²) in [5.74, 6) is -1.06. The zero-order valence-corrected chi connectivity index (χ0v) is 15.7. The van der Waals surface area contributed by atoms with Gasteiger partial charge < -0.3 is 15.2 Å². The number of nitrogens with one attached hydrogen (secondary N) is 1. The molecule has 0 heterocycles. The lowest BCUT2D eigenvalue weighted by Crippen LogP contribution is -2.27. The molecule has 0 saturated heterocycles. The molecular formula is C24H21NO4. The van der Waals surface area contributed by atoms with Crippen LogP contribution < -0.4 is 10.1 Å². The van der Waals surface area contributed by atoms with Gasteiger partial charge in [0.2, 0.25) is 0 Å². The number of carboxylic acid groups (broad SMARTS) is 1. The predicted molar refractivity (Wildman–Crippen MR) is 112 cm³/mol. The molecule has 0 aliphatic carbocycles. The smallest absolute Gasteiger partial charge is 0.352 e. The molecule has 3 aromatic carbocycles. The van der Waals surface area contributed by atoms with E-state index in [1.807, 2.05) is 36.4 Å². The van der Waals surface area contributed by atoms with Crippen LogP contribution in [0, 0.1) is 0 Å². The third-order valence-electron chi connectivity index (χ3n) is 4.19. The minimum absolute atomic E-state index is 0.208. The van der Waals surface area contributed by atoms with Crippen molar-refractivity contribution in [3.8, 4) is 5.75 Å². The molecule has 3 rings (SSSR count). The van der Waals surface area contributed by atoms with Gasteiger partial charge in [0, 0.05) is 12.0 Å². The van der Waals surface area contributed by atoms with Crippen LogP contribution in [0.15, 0.2) is 90.6 Å². The molecular weight excluding hydrogens is 366 g/mol. The van der Waals surface area contributed by atoms with Crippen molar-refractivity contribution >= 4 is 18.0 Å². The number of carbonyl (C=O) groups is 2. The monoisotopic (exact) mass is 387 g/mol. The second kappa shape index (κ2) is 9.90. The molecule has 0 aliphatic rings. The largest absolute Gasteiger partial charge is 0.493 e. The lowest BCUT2D eigenvalue weighted by Gasteiger charge is -2.09. The fourth-order valence-electron chi connectivity index (χ4n) is 2.73. The summed E-state index contributed by atoms with van der Waals surface area (Å²) >= 11 is 0. The third-order valence-corrected chi connectivity index (χ3v) is 4.19. The average Bonchev–Trinajstić information content (AvgIpc) is 2.75. The van der Waals surface area contributed by atoms with Crippen molar-refractivity contribution in [2.45, 2.75) is 6.42 Å². The van der Waals surface area contributed by atoms with E-state index in [0.717, 1.165) is 6.42 Å². The molecule has 3 aromatic rings. The van der Waals surface area contributed by atoms with Gasteiger partial charge in [-0.15, -0.1) is 0 Å². The molecule has 0 bridgehead atoms. The van der Waals surface area contributed by atoms with Crippen molar-refractivity contribution in [1.82, 2.24) is 5.32 Å². The Morgan fingerprint density at radius 1 is 0.897 bits per heavy atom. The summed E-state index contributed by atoms with van der Waals surface area (Å²) in [6, 6.07) is 25.6. The first-order chi connectivity index (χ1) is 14.1. The maximum absolute atomic E-state index is 12.3. The second-order valence-corrected chi connectivity index (χ2v) is 6.34. The Morgan fingerprint density at radius 3 is 2.28 bits per heavy atom. The van der Waals surface area contributed by atoms with Crippen LogP contribution in [0.1, 0.15) is 21.5 Å². The number of rotatable bonds is 8. The number of benzene rings is 3. The van der Waals surface area contributed by atoms with Crippen molar-refractivity contribution < 1.29 is 19.4 Å². The first-order valence-electron chi connectivity index (χ1n) is 9.20. The summed E-state index contributed by atoms with van der Waals surface area (Å²) in [6.45, 7) is 0.508. The van der Waals surface area contributed by atoms with Gasteiger partial charge in [0.1, 0.15) is 11.4 Å². The molecule has 0 atom stereocenters. The minimum atomic E-state index is -1.22. The Kier molecular flexibility index (Phi) is 6.79. The van der Waals surface area contributed by atoms with Gasteiger partial charge in [-0.25, -0.2) is 4.79 Å². The molecule has 2 N–H and O–H groups in total. The lowest BCUT2D eigenvalue weighted by atomic mass is 10.1. The Hall–Kier alpha value is -3.86. The van der Waals surface area contributed by atoms with Gasteiger partial charge in [0.15, 0.2) is 0 Å². The van der Waals surface area contributed by atoms with Gasteiger partial charge in [-0.2, -0.15) is 0 Å². The van der Waals surface area contributed by atoms with Crippen LogP contribution in [0.25, 0.3) is 6.08 Å². The molecule has 0 unspecified atom stereocenters. The van der Waals surface area contributed by atoms with E-state index in [1.54, 1.807) is 48.5 Å². The first kappa shape index (κ1) is 19.9. The maximum Gasteiger partial charge on any atom is 0.352 e. The van der Waals surface area contributed by atoms with E-state index in [0.29, 0.717) is 23.5 Å². The summed E-state index contributed by atoms with van der Waals surface area (Å²) in [5, 5.41) is 11.9. The summed E-state index contributed by atoms with van der Waals surface area (Å²) in [7, 11) is 0. The first-order valence-corrected chi connectivity index (χ1v) is 9.20. The van der Waals surface area contributed by atoms with Gasteiger partial charge in [0.05, 0.1) is 6.61 Å². The van der Waals surface area contributed by atoms with Crippen molar-refractivity contribution in [2.75, 3.05) is 6.61 Å². The third kappa shape index (κ3) is 6.07. The Morgan fingerprint density at radius 2 is 1.59 bits per heavy atom.